The van der Waals surface area contributed by atoms with Crippen molar-refractivity contribution in [1.29, 1.82) is 0 Å². The highest BCUT2D eigenvalue weighted by molar-refractivity contribution is 6.16. The second-order valence-electron chi connectivity index (χ2n) is 5.06. The number of halogens is 1. The lowest BCUT2D eigenvalue weighted by molar-refractivity contribution is -0.0211. The lowest BCUT2D eigenvalue weighted by Gasteiger charge is -2.36. The summed E-state index contributed by atoms with van der Waals surface area (Å²) in [4.78, 5) is 17.1. The van der Waals surface area contributed by atoms with Gasteiger partial charge in [0.15, 0.2) is 0 Å². The van der Waals surface area contributed by atoms with Crippen LogP contribution in [0, 0.1) is 0 Å². The molecule has 106 valence electrons. The van der Waals surface area contributed by atoms with Crippen LogP contribution in [0.15, 0.2) is 29.1 Å². The Morgan fingerprint density at radius 1 is 1.40 bits per heavy atom. The number of para-hydroxylation sites is 1. The van der Waals surface area contributed by atoms with Gasteiger partial charge in [0.1, 0.15) is 5.82 Å². The van der Waals surface area contributed by atoms with Gasteiger partial charge in [-0.05, 0) is 31.9 Å². The Morgan fingerprint density at radius 3 is 2.85 bits per heavy atom. The molecule has 0 atom stereocenters. The minimum absolute atomic E-state index is 0.00574. The van der Waals surface area contributed by atoms with Gasteiger partial charge < -0.3 is 4.74 Å². The Bertz CT molecular complexity index is 677. The zero-order valence-corrected chi connectivity index (χ0v) is 12.1. The van der Waals surface area contributed by atoms with E-state index >= 15 is 0 Å². The molecular formula is C15H17ClN2O2. The fourth-order valence-corrected chi connectivity index (χ4v) is 2.97. The summed E-state index contributed by atoms with van der Waals surface area (Å²) >= 11 is 5.97. The maximum absolute atomic E-state index is 12.6. The summed E-state index contributed by atoms with van der Waals surface area (Å²) in [5.74, 6) is 0.894. The van der Waals surface area contributed by atoms with Crippen molar-refractivity contribution >= 4 is 22.5 Å². The monoisotopic (exact) mass is 292 g/mol. The first-order chi connectivity index (χ1) is 9.74. The van der Waals surface area contributed by atoms with Gasteiger partial charge in [-0.1, -0.05) is 12.1 Å². The van der Waals surface area contributed by atoms with Crippen LogP contribution >= 0.6 is 11.6 Å². The summed E-state index contributed by atoms with van der Waals surface area (Å²) in [7, 11) is 0. The summed E-state index contributed by atoms with van der Waals surface area (Å²) in [5.41, 5.74) is 0.719. The molecule has 1 aliphatic rings. The summed E-state index contributed by atoms with van der Waals surface area (Å²) in [6, 6.07) is 7.56. The Labute approximate surface area is 122 Å². The molecule has 4 nitrogen and oxygen atoms in total. The molecule has 1 aromatic carbocycles. The number of ether oxygens (including phenoxy) is 1. The van der Waals surface area contributed by atoms with E-state index in [0.29, 0.717) is 23.3 Å². The van der Waals surface area contributed by atoms with Crippen molar-refractivity contribution in [2.24, 2.45) is 0 Å². The first kappa shape index (κ1) is 13.6. The smallest absolute Gasteiger partial charge is 0.261 e. The van der Waals surface area contributed by atoms with Crippen molar-refractivity contribution in [3.8, 4) is 0 Å². The normalized spacial score (nSPS) is 21.9. The molecule has 0 spiro atoms. The van der Waals surface area contributed by atoms with Crippen LogP contribution in [0.1, 0.15) is 31.6 Å². The van der Waals surface area contributed by atoms with Crippen molar-refractivity contribution in [3.05, 3.63) is 40.4 Å². The zero-order valence-electron chi connectivity index (χ0n) is 11.4. The summed E-state index contributed by atoms with van der Waals surface area (Å²) in [6.45, 7) is 2.70. The molecule has 1 fully saturated rings. The van der Waals surface area contributed by atoms with Gasteiger partial charge in [0, 0.05) is 12.6 Å². The molecule has 1 aromatic heterocycles. The molecule has 5 heteroatoms. The Morgan fingerprint density at radius 2 is 2.15 bits per heavy atom. The molecule has 1 saturated carbocycles. The molecule has 2 aromatic rings. The maximum atomic E-state index is 12.6. The third-order valence-corrected chi connectivity index (χ3v) is 4.08. The van der Waals surface area contributed by atoms with Crippen molar-refractivity contribution < 1.29 is 4.74 Å². The van der Waals surface area contributed by atoms with Gasteiger partial charge in [-0.2, -0.15) is 0 Å². The third-order valence-electron chi connectivity index (χ3n) is 3.84. The number of hydrogen-bond acceptors (Lipinski definition) is 3. The van der Waals surface area contributed by atoms with E-state index in [1.165, 1.54) is 0 Å². The molecule has 0 radical (unpaired) electrons. The van der Waals surface area contributed by atoms with Gasteiger partial charge in [0.25, 0.3) is 5.56 Å². The molecule has 0 bridgehead atoms. The molecule has 0 saturated heterocycles. The average molecular weight is 293 g/mol. The van der Waals surface area contributed by atoms with Crippen LogP contribution in [-0.2, 0) is 10.6 Å². The Kier molecular flexibility index (Phi) is 3.76. The van der Waals surface area contributed by atoms with Crippen LogP contribution in [0.2, 0.25) is 0 Å². The third kappa shape index (κ3) is 2.23. The lowest BCUT2D eigenvalue weighted by Crippen LogP contribution is -2.40. The summed E-state index contributed by atoms with van der Waals surface area (Å²) in [6.07, 6.45) is 1.97. The van der Waals surface area contributed by atoms with Gasteiger partial charge in [-0.25, -0.2) is 4.98 Å². The SMILES string of the molecule is CCOC1CC(n2c(CCl)nc3ccccc3c2=O)C1. The van der Waals surface area contributed by atoms with Gasteiger partial charge >= 0.3 is 0 Å². The Hall–Kier alpha value is -1.39. The van der Waals surface area contributed by atoms with Crippen LogP contribution in [0.4, 0.5) is 0 Å². The van der Waals surface area contributed by atoms with Crippen LogP contribution in [-0.4, -0.2) is 22.3 Å². The standard InChI is InChI=1S/C15H17ClN2O2/c1-2-20-11-7-10(8-11)18-14(9-16)17-13-6-4-3-5-12(13)15(18)19/h3-6,10-11H,2,7-9H2,1H3. The van der Waals surface area contributed by atoms with Crippen molar-refractivity contribution in [2.45, 2.75) is 37.8 Å². The van der Waals surface area contributed by atoms with E-state index in [1.807, 2.05) is 31.2 Å². The van der Waals surface area contributed by atoms with Crippen molar-refractivity contribution in [1.82, 2.24) is 9.55 Å². The zero-order chi connectivity index (χ0) is 14.1. The topological polar surface area (TPSA) is 44.1 Å². The van der Waals surface area contributed by atoms with E-state index in [2.05, 4.69) is 4.98 Å². The molecule has 20 heavy (non-hydrogen) atoms. The van der Waals surface area contributed by atoms with E-state index < -0.39 is 0 Å². The molecule has 1 aliphatic carbocycles. The van der Waals surface area contributed by atoms with Gasteiger partial charge in [0.05, 0.1) is 22.9 Å². The average Bonchev–Trinajstić information content (AvgIpc) is 2.43. The highest BCUT2D eigenvalue weighted by Gasteiger charge is 2.33. The number of fused-ring (bicyclic) bond motifs is 1. The number of aromatic nitrogens is 2. The van der Waals surface area contributed by atoms with Crippen LogP contribution < -0.4 is 5.56 Å². The van der Waals surface area contributed by atoms with E-state index in [1.54, 1.807) is 4.57 Å². The van der Waals surface area contributed by atoms with Gasteiger partial charge in [-0.3, -0.25) is 9.36 Å². The molecule has 0 aliphatic heterocycles. The highest BCUT2D eigenvalue weighted by Crippen LogP contribution is 2.34. The largest absolute Gasteiger partial charge is 0.378 e. The minimum Gasteiger partial charge on any atom is -0.378 e. The first-order valence-electron chi connectivity index (χ1n) is 6.92. The second kappa shape index (κ2) is 5.54. The minimum atomic E-state index is 0.00574. The van der Waals surface area contributed by atoms with E-state index in [0.717, 1.165) is 12.8 Å². The van der Waals surface area contributed by atoms with Crippen LogP contribution in [0.25, 0.3) is 10.9 Å². The number of benzene rings is 1. The van der Waals surface area contributed by atoms with Crippen LogP contribution in [0.3, 0.4) is 0 Å². The highest BCUT2D eigenvalue weighted by atomic mass is 35.5. The molecule has 1 heterocycles. The quantitative estimate of drug-likeness (QED) is 0.814. The van der Waals surface area contributed by atoms with Crippen LogP contribution in [0.5, 0.6) is 0 Å². The number of hydrogen-bond donors (Lipinski definition) is 0. The van der Waals surface area contributed by atoms with Crippen molar-refractivity contribution in [2.75, 3.05) is 6.61 Å². The molecule has 0 unspecified atom stereocenters. The molecule has 0 N–H and O–H groups in total. The Balaban J connectivity index is 2.02. The number of alkyl halides is 1. The van der Waals surface area contributed by atoms with Gasteiger partial charge in [0.2, 0.25) is 0 Å². The van der Waals surface area contributed by atoms with E-state index in [-0.39, 0.29) is 23.6 Å². The second-order valence-corrected chi connectivity index (χ2v) is 5.32. The predicted octanol–water partition coefficient (Wildman–Crippen LogP) is 2.88. The van der Waals surface area contributed by atoms with Gasteiger partial charge in [-0.15, -0.1) is 11.6 Å². The lowest BCUT2D eigenvalue weighted by atomic mass is 9.88. The molecule has 3 rings (SSSR count). The predicted molar refractivity (Wildman–Crippen MR) is 79.2 cm³/mol. The number of nitrogens with zero attached hydrogens (tertiary/aromatic N) is 2. The summed E-state index contributed by atoms with van der Waals surface area (Å²) in [5, 5.41) is 0.654. The molecular weight excluding hydrogens is 276 g/mol. The fraction of sp³-hybridized carbons (Fsp3) is 0.467. The maximum Gasteiger partial charge on any atom is 0.261 e. The molecule has 0 amide bonds. The van der Waals surface area contributed by atoms with E-state index in [4.69, 9.17) is 16.3 Å². The number of rotatable bonds is 4. The first-order valence-corrected chi connectivity index (χ1v) is 7.45. The fourth-order valence-electron chi connectivity index (χ4n) is 2.78. The van der Waals surface area contributed by atoms with E-state index in [9.17, 15) is 4.79 Å². The van der Waals surface area contributed by atoms with Crippen molar-refractivity contribution in [3.63, 3.8) is 0 Å². The summed E-state index contributed by atoms with van der Waals surface area (Å²) < 4.78 is 7.32.